The first-order chi connectivity index (χ1) is 8.28. The summed E-state index contributed by atoms with van der Waals surface area (Å²) in [6.07, 6.45) is 7.19. The number of nitrogens with two attached hydrogens (primary N) is 1. The summed E-state index contributed by atoms with van der Waals surface area (Å²) in [7, 11) is 0. The van der Waals surface area contributed by atoms with Gasteiger partial charge in [-0.1, -0.05) is 12.8 Å². The standard InChI is InChI=1S/C13H18N4/c1-9-15-12(10-4-2-3-5-10)6-13-16-11(7-14)8-17(9)13/h6,8,10H,2-5,7,14H2,1H3. The van der Waals surface area contributed by atoms with Gasteiger partial charge in [-0.15, -0.1) is 0 Å². The fraction of sp³-hybridized carbons (Fsp3) is 0.538. The Balaban J connectivity index is 2.09. The molecule has 4 heteroatoms. The molecule has 3 rings (SSSR count). The predicted octanol–water partition coefficient (Wildman–Crippen LogP) is 2.15. The van der Waals surface area contributed by atoms with Crippen molar-refractivity contribution >= 4 is 5.65 Å². The van der Waals surface area contributed by atoms with Crippen molar-refractivity contribution in [1.82, 2.24) is 14.4 Å². The first-order valence-corrected chi connectivity index (χ1v) is 6.33. The van der Waals surface area contributed by atoms with Crippen molar-refractivity contribution in [1.29, 1.82) is 0 Å². The topological polar surface area (TPSA) is 56.2 Å². The van der Waals surface area contributed by atoms with E-state index in [1.807, 2.05) is 17.5 Å². The van der Waals surface area contributed by atoms with Crippen LogP contribution in [0.2, 0.25) is 0 Å². The minimum atomic E-state index is 0.486. The van der Waals surface area contributed by atoms with E-state index in [1.54, 1.807) is 0 Å². The summed E-state index contributed by atoms with van der Waals surface area (Å²) < 4.78 is 2.03. The second-order valence-corrected chi connectivity index (χ2v) is 4.87. The van der Waals surface area contributed by atoms with Crippen molar-refractivity contribution in [2.45, 2.75) is 45.1 Å². The Morgan fingerprint density at radius 3 is 2.82 bits per heavy atom. The monoisotopic (exact) mass is 230 g/mol. The van der Waals surface area contributed by atoms with Crippen LogP contribution >= 0.6 is 0 Å². The number of imidazole rings is 1. The number of aromatic nitrogens is 3. The maximum atomic E-state index is 5.63. The average molecular weight is 230 g/mol. The molecule has 1 aliphatic rings. The second kappa shape index (κ2) is 4.11. The van der Waals surface area contributed by atoms with Crippen LogP contribution in [0.15, 0.2) is 12.3 Å². The number of aryl methyl sites for hydroxylation is 1. The van der Waals surface area contributed by atoms with E-state index in [1.165, 1.54) is 31.4 Å². The first kappa shape index (κ1) is 10.7. The van der Waals surface area contributed by atoms with Gasteiger partial charge < -0.3 is 5.73 Å². The molecule has 0 unspecified atom stereocenters. The molecule has 0 bridgehead atoms. The first-order valence-electron chi connectivity index (χ1n) is 6.33. The highest BCUT2D eigenvalue weighted by atomic mass is 15.1. The Labute approximate surface area is 101 Å². The number of rotatable bonds is 2. The summed E-state index contributed by atoms with van der Waals surface area (Å²) in [5.74, 6) is 1.65. The lowest BCUT2D eigenvalue weighted by Gasteiger charge is -2.10. The molecule has 0 spiro atoms. The van der Waals surface area contributed by atoms with E-state index >= 15 is 0 Å². The zero-order valence-electron chi connectivity index (χ0n) is 10.2. The van der Waals surface area contributed by atoms with Gasteiger partial charge in [-0.3, -0.25) is 4.40 Å². The van der Waals surface area contributed by atoms with Gasteiger partial charge in [-0.25, -0.2) is 9.97 Å². The van der Waals surface area contributed by atoms with Crippen LogP contribution in [0.1, 0.15) is 48.8 Å². The zero-order valence-corrected chi connectivity index (χ0v) is 10.2. The van der Waals surface area contributed by atoms with Crippen LogP contribution in [-0.4, -0.2) is 14.4 Å². The fourth-order valence-corrected chi connectivity index (χ4v) is 2.74. The molecule has 1 saturated carbocycles. The van der Waals surface area contributed by atoms with Crippen molar-refractivity contribution in [2.75, 3.05) is 0 Å². The van der Waals surface area contributed by atoms with E-state index in [2.05, 4.69) is 11.1 Å². The molecule has 1 aliphatic carbocycles. The molecule has 0 radical (unpaired) electrons. The van der Waals surface area contributed by atoms with Gasteiger partial charge in [-0.2, -0.15) is 0 Å². The Morgan fingerprint density at radius 2 is 2.12 bits per heavy atom. The van der Waals surface area contributed by atoms with Gasteiger partial charge in [-0.05, 0) is 19.8 Å². The summed E-state index contributed by atoms with van der Waals surface area (Å²) >= 11 is 0. The molecule has 0 amide bonds. The highest BCUT2D eigenvalue weighted by molar-refractivity contribution is 5.43. The molecule has 1 fully saturated rings. The van der Waals surface area contributed by atoms with Crippen LogP contribution in [0.25, 0.3) is 5.65 Å². The van der Waals surface area contributed by atoms with E-state index in [9.17, 15) is 0 Å². The van der Waals surface area contributed by atoms with Gasteiger partial charge in [0.1, 0.15) is 11.5 Å². The Morgan fingerprint density at radius 1 is 1.35 bits per heavy atom. The summed E-state index contributed by atoms with van der Waals surface area (Å²) in [6.45, 7) is 2.52. The lowest BCUT2D eigenvalue weighted by molar-refractivity contribution is 0.688. The van der Waals surface area contributed by atoms with Crippen molar-refractivity contribution in [3.05, 3.63) is 29.5 Å². The number of nitrogens with zero attached hydrogens (tertiary/aromatic N) is 3. The second-order valence-electron chi connectivity index (χ2n) is 4.87. The van der Waals surface area contributed by atoms with E-state index in [0.29, 0.717) is 12.5 Å². The van der Waals surface area contributed by atoms with E-state index in [0.717, 1.165) is 17.2 Å². The minimum Gasteiger partial charge on any atom is -0.325 e. The van der Waals surface area contributed by atoms with Crippen LogP contribution < -0.4 is 5.73 Å². The normalized spacial score (nSPS) is 17.1. The zero-order chi connectivity index (χ0) is 11.8. The van der Waals surface area contributed by atoms with Crippen molar-refractivity contribution in [2.24, 2.45) is 5.73 Å². The molecular weight excluding hydrogens is 212 g/mol. The third-order valence-corrected chi connectivity index (χ3v) is 3.68. The smallest absolute Gasteiger partial charge is 0.140 e. The lowest BCUT2D eigenvalue weighted by Crippen LogP contribution is -2.02. The molecule has 0 aliphatic heterocycles. The lowest BCUT2D eigenvalue weighted by atomic mass is 10.0. The van der Waals surface area contributed by atoms with Crippen LogP contribution in [0, 0.1) is 6.92 Å². The fourth-order valence-electron chi connectivity index (χ4n) is 2.74. The van der Waals surface area contributed by atoms with Gasteiger partial charge >= 0.3 is 0 Å². The third kappa shape index (κ3) is 1.82. The van der Waals surface area contributed by atoms with Crippen molar-refractivity contribution in [3.63, 3.8) is 0 Å². The molecule has 0 atom stereocenters. The van der Waals surface area contributed by atoms with Crippen molar-refractivity contribution in [3.8, 4) is 0 Å². The molecule has 90 valence electrons. The van der Waals surface area contributed by atoms with Gasteiger partial charge in [0.2, 0.25) is 0 Å². The van der Waals surface area contributed by atoms with Crippen LogP contribution in [0.5, 0.6) is 0 Å². The van der Waals surface area contributed by atoms with Crippen molar-refractivity contribution < 1.29 is 0 Å². The van der Waals surface area contributed by atoms with Gasteiger partial charge in [0.15, 0.2) is 0 Å². The largest absolute Gasteiger partial charge is 0.325 e. The molecule has 4 nitrogen and oxygen atoms in total. The Bertz CT molecular complexity index is 538. The molecule has 2 aromatic rings. The maximum Gasteiger partial charge on any atom is 0.140 e. The molecular formula is C13H18N4. The summed E-state index contributed by atoms with van der Waals surface area (Å²) in [4.78, 5) is 9.24. The summed E-state index contributed by atoms with van der Waals surface area (Å²) in [5.41, 5.74) is 8.75. The molecule has 2 N–H and O–H groups in total. The molecule has 0 saturated heterocycles. The average Bonchev–Trinajstić information content (AvgIpc) is 2.97. The van der Waals surface area contributed by atoms with Crippen LogP contribution in [0.3, 0.4) is 0 Å². The SMILES string of the molecule is Cc1nc(C2CCCC2)cc2nc(CN)cn12. The van der Waals surface area contributed by atoms with Crippen LogP contribution in [-0.2, 0) is 6.54 Å². The number of hydrogen-bond acceptors (Lipinski definition) is 3. The predicted molar refractivity (Wildman–Crippen MR) is 66.8 cm³/mol. The number of fused-ring (bicyclic) bond motifs is 1. The van der Waals surface area contributed by atoms with Crippen LogP contribution in [0.4, 0.5) is 0 Å². The quantitative estimate of drug-likeness (QED) is 0.860. The molecule has 0 aromatic carbocycles. The third-order valence-electron chi connectivity index (χ3n) is 3.68. The van der Waals surface area contributed by atoms with E-state index < -0.39 is 0 Å². The Kier molecular flexibility index (Phi) is 2.59. The Hall–Kier alpha value is -1.42. The van der Waals surface area contributed by atoms with Gasteiger partial charge in [0.05, 0.1) is 5.69 Å². The molecule has 2 heterocycles. The summed E-state index contributed by atoms with van der Waals surface area (Å²) in [6, 6.07) is 2.13. The highest BCUT2D eigenvalue weighted by Crippen LogP contribution is 2.33. The number of hydrogen-bond donors (Lipinski definition) is 1. The van der Waals surface area contributed by atoms with Gasteiger partial charge in [0.25, 0.3) is 0 Å². The van der Waals surface area contributed by atoms with E-state index in [4.69, 9.17) is 10.7 Å². The summed E-state index contributed by atoms with van der Waals surface area (Å²) in [5, 5.41) is 0. The highest BCUT2D eigenvalue weighted by Gasteiger charge is 2.19. The molecule has 17 heavy (non-hydrogen) atoms. The molecule has 2 aromatic heterocycles. The maximum absolute atomic E-state index is 5.63. The van der Waals surface area contributed by atoms with E-state index in [-0.39, 0.29) is 0 Å². The minimum absolute atomic E-state index is 0.486. The van der Waals surface area contributed by atoms with Gasteiger partial charge in [0, 0.05) is 30.4 Å².